The smallest absolute Gasteiger partial charge is 0.337 e. The Labute approximate surface area is 183 Å². The second kappa shape index (κ2) is 8.67. The Hall–Kier alpha value is -2.92. The van der Waals surface area contributed by atoms with Crippen molar-refractivity contribution in [2.75, 3.05) is 18.5 Å². The van der Waals surface area contributed by atoms with Gasteiger partial charge in [0, 0.05) is 35.3 Å². The van der Waals surface area contributed by atoms with Crippen molar-refractivity contribution in [3.8, 4) is 0 Å². The Kier molecular flexibility index (Phi) is 5.96. The van der Waals surface area contributed by atoms with Crippen molar-refractivity contribution in [2.45, 2.75) is 52.5 Å². The van der Waals surface area contributed by atoms with Crippen LogP contribution < -0.4 is 5.32 Å². The number of fused-ring (bicyclic) bond motifs is 1. The first kappa shape index (κ1) is 21.3. The molecule has 3 aromatic rings. The molecule has 1 aromatic heterocycles. The van der Waals surface area contributed by atoms with Crippen LogP contribution in [0.25, 0.3) is 10.9 Å². The molecule has 0 amide bonds. The monoisotopic (exact) mass is 418 g/mol. The first-order valence-electron chi connectivity index (χ1n) is 10.9. The lowest BCUT2D eigenvalue weighted by Gasteiger charge is -2.25. The number of aryl methyl sites for hydroxylation is 3. The van der Waals surface area contributed by atoms with Gasteiger partial charge in [0.15, 0.2) is 0 Å². The summed E-state index contributed by atoms with van der Waals surface area (Å²) < 4.78 is 5.73. The van der Waals surface area contributed by atoms with E-state index < -0.39 is 5.97 Å². The summed E-state index contributed by atoms with van der Waals surface area (Å²) in [7, 11) is 0. The lowest BCUT2D eigenvalue weighted by Crippen LogP contribution is -2.17. The number of nitrogens with one attached hydrogen (secondary N) is 1. The van der Waals surface area contributed by atoms with E-state index in [2.05, 4.69) is 44.3 Å². The van der Waals surface area contributed by atoms with Crippen LogP contribution in [0, 0.1) is 20.8 Å². The maximum absolute atomic E-state index is 11.8. The van der Waals surface area contributed by atoms with Gasteiger partial charge in [0.2, 0.25) is 0 Å². The number of aromatic carboxylic acids is 1. The minimum Gasteiger partial charge on any atom is -0.478 e. The number of hydrogen-bond acceptors (Lipinski definition) is 4. The highest BCUT2D eigenvalue weighted by Crippen LogP contribution is 2.34. The average Bonchev–Trinajstić information content (AvgIpc) is 2.74. The Bertz CT molecular complexity index is 1130. The third kappa shape index (κ3) is 4.42. The normalized spacial score (nSPS) is 17.5. The highest BCUT2D eigenvalue weighted by Gasteiger charge is 2.21. The molecule has 0 saturated carbocycles. The van der Waals surface area contributed by atoms with Gasteiger partial charge in [-0.15, -0.1) is 0 Å². The molecule has 2 N–H and O–H groups in total. The highest BCUT2D eigenvalue weighted by molar-refractivity contribution is 5.94. The Balaban J connectivity index is 1.76. The Morgan fingerprint density at radius 3 is 2.68 bits per heavy atom. The maximum atomic E-state index is 11.8. The van der Waals surface area contributed by atoms with Crippen LogP contribution in [0.5, 0.6) is 0 Å². The van der Waals surface area contributed by atoms with Gasteiger partial charge in [-0.25, -0.2) is 4.79 Å². The van der Waals surface area contributed by atoms with Crippen LogP contribution in [0.2, 0.25) is 0 Å². The second-order valence-electron chi connectivity index (χ2n) is 8.72. The Morgan fingerprint density at radius 1 is 1.16 bits per heavy atom. The Morgan fingerprint density at radius 2 is 1.97 bits per heavy atom. The van der Waals surface area contributed by atoms with E-state index in [4.69, 9.17) is 9.72 Å². The summed E-state index contributed by atoms with van der Waals surface area (Å²) in [4.78, 5) is 16.7. The fourth-order valence-electron chi connectivity index (χ4n) is 4.59. The molecule has 162 valence electrons. The van der Waals surface area contributed by atoms with Gasteiger partial charge in [-0.1, -0.05) is 17.7 Å². The quantitative estimate of drug-likeness (QED) is 0.538. The van der Waals surface area contributed by atoms with Crippen LogP contribution in [0.1, 0.15) is 70.0 Å². The fraction of sp³-hybridized carbons (Fsp3) is 0.385. The molecule has 1 fully saturated rings. The van der Waals surface area contributed by atoms with Crippen molar-refractivity contribution in [3.63, 3.8) is 0 Å². The zero-order valence-electron chi connectivity index (χ0n) is 18.7. The third-order valence-electron chi connectivity index (χ3n) is 6.18. The number of benzene rings is 2. The minimum atomic E-state index is -0.927. The van der Waals surface area contributed by atoms with Gasteiger partial charge in [-0.3, -0.25) is 4.98 Å². The zero-order chi connectivity index (χ0) is 22.1. The third-order valence-corrected chi connectivity index (χ3v) is 6.18. The lowest BCUT2D eigenvalue weighted by atomic mass is 9.89. The molecule has 2 aromatic carbocycles. The largest absolute Gasteiger partial charge is 0.478 e. The molecule has 5 nitrogen and oxygen atoms in total. The van der Waals surface area contributed by atoms with Crippen LogP contribution in [0.3, 0.4) is 0 Å². The summed E-state index contributed by atoms with van der Waals surface area (Å²) in [6.45, 7) is 9.71. The average molecular weight is 419 g/mol. The van der Waals surface area contributed by atoms with Gasteiger partial charge >= 0.3 is 5.97 Å². The highest BCUT2D eigenvalue weighted by atomic mass is 16.5. The van der Waals surface area contributed by atoms with Crippen molar-refractivity contribution in [1.82, 2.24) is 4.98 Å². The molecule has 5 heteroatoms. The van der Waals surface area contributed by atoms with Crippen LogP contribution in [-0.2, 0) is 4.74 Å². The second-order valence-corrected chi connectivity index (χ2v) is 8.72. The summed E-state index contributed by atoms with van der Waals surface area (Å²) in [5.41, 5.74) is 7.40. The number of carbonyl (C=O) groups is 1. The topological polar surface area (TPSA) is 71.5 Å². The van der Waals surface area contributed by atoms with Gasteiger partial charge in [0.1, 0.15) is 0 Å². The van der Waals surface area contributed by atoms with E-state index in [1.165, 1.54) is 5.56 Å². The van der Waals surface area contributed by atoms with Gasteiger partial charge < -0.3 is 15.2 Å². The molecule has 31 heavy (non-hydrogen) atoms. The number of rotatable bonds is 5. The van der Waals surface area contributed by atoms with Crippen LogP contribution in [-0.4, -0.2) is 29.3 Å². The van der Waals surface area contributed by atoms with Crippen molar-refractivity contribution < 1.29 is 14.6 Å². The molecule has 1 aliphatic heterocycles. The van der Waals surface area contributed by atoms with Crippen molar-refractivity contribution >= 4 is 22.6 Å². The predicted octanol–water partition coefficient (Wildman–Crippen LogP) is 5.93. The van der Waals surface area contributed by atoms with Crippen molar-refractivity contribution in [1.29, 1.82) is 0 Å². The van der Waals surface area contributed by atoms with E-state index in [9.17, 15) is 9.90 Å². The lowest BCUT2D eigenvalue weighted by molar-refractivity contribution is 0.0697. The number of hydrogen-bond donors (Lipinski definition) is 2. The molecule has 4 rings (SSSR count). The number of pyridine rings is 1. The molecule has 2 unspecified atom stereocenters. The van der Waals surface area contributed by atoms with E-state index in [-0.39, 0.29) is 11.6 Å². The first-order valence-corrected chi connectivity index (χ1v) is 10.9. The predicted molar refractivity (Wildman–Crippen MR) is 124 cm³/mol. The van der Waals surface area contributed by atoms with Crippen LogP contribution >= 0.6 is 0 Å². The summed E-state index contributed by atoms with van der Waals surface area (Å²) in [5.74, 6) is -0.553. The SMILES string of the molecule is Cc1ccc(NC(C)c2cc(C)cc3nc(C)c(C4CCCOC4)cc23)c(C(=O)O)c1. The van der Waals surface area contributed by atoms with E-state index in [0.717, 1.165) is 59.3 Å². The van der Waals surface area contributed by atoms with Gasteiger partial charge in [-0.05, 0) is 81.5 Å². The van der Waals surface area contributed by atoms with Crippen LogP contribution in [0.4, 0.5) is 5.69 Å². The van der Waals surface area contributed by atoms with Crippen molar-refractivity contribution in [3.05, 3.63) is 69.9 Å². The number of carboxylic acids is 1. The number of ether oxygens (including phenoxy) is 1. The number of aromatic nitrogens is 1. The number of carboxylic acid groups (broad SMARTS) is 1. The summed E-state index contributed by atoms with van der Waals surface area (Å²) in [6.07, 6.45) is 2.20. The minimum absolute atomic E-state index is 0.0804. The molecule has 0 bridgehead atoms. The fourth-order valence-corrected chi connectivity index (χ4v) is 4.59. The van der Waals surface area contributed by atoms with E-state index in [0.29, 0.717) is 11.6 Å². The van der Waals surface area contributed by atoms with E-state index in [1.54, 1.807) is 6.07 Å². The summed E-state index contributed by atoms with van der Waals surface area (Å²) >= 11 is 0. The molecule has 0 radical (unpaired) electrons. The van der Waals surface area contributed by atoms with Gasteiger partial charge in [0.05, 0.1) is 17.7 Å². The molecular formula is C26H30N2O3. The van der Waals surface area contributed by atoms with Crippen LogP contribution in [0.15, 0.2) is 36.4 Å². The molecule has 0 spiro atoms. The van der Waals surface area contributed by atoms with E-state index >= 15 is 0 Å². The van der Waals surface area contributed by atoms with Gasteiger partial charge in [0.25, 0.3) is 0 Å². The van der Waals surface area contributed by atoms with Gasteiger partial charge in [-0.2, -0.15) is 0 Å². The molecule has 1 saturated heterocycles. The number of anilines is 1. The molecule has 1 aliphatic rings. The number of nitrogens with zero attached hydrogens (tertiary/aromatic N) is 1. The summed E-state index contributed by atoms with van der Waals surface area (Å²) in [5, 5.41) is 14.2. The first-order chi connectivity index (χ1) is 14.8. The standard InChI is InChI=1S/C26H30N2O3/c1-15-7-8-24(23(10-15)26(29)30)27-18(4)21-11-16(2)12-25-22(21)13-20(17(3)28-25)19-6-5-9-31-14-19/h7-8,10-13,18-19,27H,5-6,9,14H2,1-4H3,(H,29,30). The van der Waals surface area contributed by atoms with E-state index in [1.807, 2.05) is 19.1 Å². The molecule has 2 atom stereocenters. The summed E-state index contributed by atoms with van der Waals surface area (Å²) in [6, 6.07) is 12.0. The zero-order valence-corrected chi connectivity index (χ0v) is 18.7. The maximum Gasteiger partial charge on any atom is 0.337 e. The molecule has 0 aliphatic carbocycles. The van der Waals surface area contributed by atoms with Crippen molar-refractivity contribution in [2.24, 2.45) is 0 Å². The molecule has 2 heterocycles. The molecular weight excluding hydrogens is 388 g/mol.